The number of aromatic nitrogens is 3. The molecule has 0 saturated carbocycles. The summed E-state index contributed by atoms with van der Waals surface area (Å²) in [7, 11) is 0. The monoisotopic (exact) mass is 219 g/mol. The van der Waals surface area contributed by atoms with E-state index in [1.807, 2.05) is 0 Å². The van der Waals surface area contributed by atoms with Crippen LogP contribution < -0.4 is 0 Å². The maximum atomic E-state index is 10.6. The van der Waals surface area contributed by atoms with Crippen molar-refractivity contribution in [2.24, 2.45) is 5.92 Å². The second-order valence-corrected chi connectivity index (χ2v) is 3.95. The van der Waals surface area contributed by atoms with Gasteiger partial charge in [0.15, 0.2) is 0 Å². The Labute approximate surface area is 110 Å². The summed E-state index contributed by atoms with van der Waals surface area (Å²) in [5, 5.41) is 12.7. The number of nitrogens with zero attached hydrogens (tertiary/aromatic N) is 3. The summed E-state index contributed by atoms with van der Waals surface area (Å²) >= 11 is 0. The number of carboxylic acids is 1. The average molecular weight is 219 g/mol. The van der Waals surface area contributed by atoms with Crippen molar-refractivity contribution in [3.05, 3.63) is 11.6 Å². The number of hydrogen-bond donors (Lipinski definition) is 1. The SMILES string of the molecule is CC(C)C1CCc2nc(C(=O)O)nn21.[NaH]. The van der Waals surface area contributed by atoms with E-state index in [1.54, 1.807) is 4.68 Å². The van der Waals surface area contributed by atoms with Crippen LogP contribution in [0.4, 0.5) is 0 Å². The Morgan fingerprint density at radius 1 is 1.60 bits per heavy atom. The van der Waals surface area contributed by atoms with Gasteiger partial charge in [-0.3, -0.25) is 0 Å². The molecule has 0 fully saturated rings. The Bertz CT molecular complexity index is 375. The van der Waals surface area contributed by atoms with Crippen LogP contribution >= 0.6 is 0 Å². The van der Waals surface area contributed by atoms with Gasteiger partial charge in [0.25, 0.3) is 5.82 Å². The molecule has 0 radical (unpaired) electrons. The number of rotatable bonds is 2. The maximum absolute atomic E-state index is 10.6. The van der Waals surface area contributed by atoms with Gasteiger partial charge in [-0.25, -0.2) is 14.5 Å². The van der Waals surface area contributed by atoms with Crippen LogP contribution in [0.3, 0.4) is 0 Å². The molecule has 1 atom stereocenters. The van der Waals surface area contributed by atoms with E-state index in [0.29, 0.717) is 12.0 Å². The number of fused-ring (bicyclic) bond motifs is 1. The predicted molar refractivity (Wildman–Crippen MR) is 56.3 cm³/mol. The zero-order valence-electron chi connectivity index (χ0n) is 8.27. The van der Waals surface area contributed by atoms with Gasteiger partial charge in [-0.15, -0.1) is 5.10 Å². The van der Waals surface area contributed by atoms with E-state index in [2.05, 4.69) is 23.9 Å². The van der Waals surface area contributed by atoms with Crippen molar-refractivity contribution in [1.29, 1.82) is 0 Å². The zero-order chi connectivity index (χ0) is 10.3. The first-order valence-electron chi connectivity index (χ1n) is 4.78. The molecule has 1 unspecified atom stereocenters. The fourth-order valence-corrected chi connectivity index (χ4v) is 1.90. The first-order valence-corrected chi connectivity index (χ1v) is 4.78. The van der Waals surface area contributed by atoms with E-state index in [1.165, 1.54) is 0 Å². The van der Waals surface area contributed by atoms with Crippen LogP contribution in [0.1, 0.15) is 42.8 Å². The molecule has 2 heterocycles. The summed E-state index contributed by atoms with van der Waals surface area (Å²) in [5.74, 6) is 0.153. The van der Waals surface area contributed by atoms with Crippen molar-refractivity contribution in [1.82, 2.24) is 14.8 Å². The van der Waals surface area contributed by atoms with Gasteiger partial charge in [0, 0.05) is 6.42 Å². The standard InChI is InChI=1S/C9H13N3O2.Na.H/c1-5(2)6-3-4-7-10-8(9(13)14)11-12(6)7;;/h5-6H,3-4H2,1-2H3,(H,13,14);;. The van der Waals surface area contributed by atoms with Crippen molar-refractivity contribution in [3.8, 4) is 0 Å². The van der Waals surface area contributed by atoms with Crippen molar-refractivity contribution < 1.29 is 9.90 Å². The van der Waals surface area contributed by atoms with Gasteiger partial charge in [-0.1, -0.05) is 13.8 Å². The van der Waals surface area contributed by atoms with Gasteiger partial charge < -0.3 is 5.11 Å². The Kier molecular flexibility index (Phi) is 3.92. The molecule has 0 aromatic carbocycles. The van der Waals surface area contributed by atoms with E-state index in [0.717, 1.165) is 18.7 Å². The van der Waals surface area contributed by atoms with Crippen LogP contribution in [0.5, 0.6) is 0 Å². The number of carboxylic acid groups (broad SMARTS) is 1. The van der Waals surface area contributed by atoms with Crippen molar-refractivity contribution in [2.75, 3.05) is 0 Å². The normalized spacial score (nSPS) is 18.7. The van der Waals surface area contributed by atoms with Gasteiger partial charge in [0.05, 0.1) is 6.04 Å². The molecule has 1 N–H and O–H groups in total. The van der Waals surface area contributed by atoms with Crippen LogP contribution in [0.25, 0.3) is 0 Å². The quantitative estimate of drug-likeness (QED) is 0.734. The first-order chi connectivity index (χ1) is 6.59. The summed E-state index contributed by atoms with van der Waals surface area (Å²) in [5.41, 5.74) is 0. The third-order valence-electron chi connectivity index (χ3n) is 2.64. The van der Waals surface area contributed by atoms with Gasteiger partial charge in [0.1, 0.15) is 5.82 Å². The minimum absolute atomic E-state index is 0. The van der Waals surface area contributed by atoms with Crippen LogP contribution in [0.2, 0.25) is 0 Å². The molecule has 0 aliphatic carbocycles. The van der Waals surface area contributed by atoms with Crippen LogP contribution in [-0.2, 0) is 6.42 Å². The topological polar surface area (TPSA) is 68.0 Å². The molecule has 1 aromatic rings. The molecule has 5 nitrogen and oxygen atoms in total. The van der Waals surface area contributed by atoms with Crippen molar-refractivity contribution in [3.63, 3.8) is 0 Å². The Morgan fingerprint density at radius 3 is 2.80 bits per heavy atom. The summed E-state index contributed by atoms with van der Waals surface area (Å²) in [6.45, 7) is 4.23. The van der Waals surface area contributed by atoms with E-state index < -0.39 is 5.97 Å². The van der Waals surface area contributed by atoms with E-state index in [9.17, 15) is 4.79 Å². The third kappa shape index (κ3) is 2.24. The van der Waals surface area contributed by atoms with E-state index >= 15 is 0 Å². The van der Waals surface area contributed by atoms with Crippen molar-refractivity contribution >= 4 is 35.5 Å². The Morgan fingerprint density at radius 2 is 2.27 bits per heavy atom. The van der Waals surface area contributed by atoms with Crippen molar-refractivity contribution in [2.45, 2.75) is 32.7 Å². The molecule has 15 heavy (non-hydrogen) atoms. The van der Waals surface area contributed by atoms with E-state index in [-0.39, 0.29) is 35.4 Å². The predicted octanol–water partition coefficient (Wildman–Crippen LogP) is 0.471. The second-order valence-electron chi connectivity index (χ2n) is 3.95. The molecule has 0 spiro atoms. The molecule has 2 rings (SSSR count). The van der Waals surface area contributed by atoms with Crippen LogP contribution in [0.15, 0.2) is 0 Å². The second kappa shape index (κ2) is 4.63. The molecule has 0 bridgehead atoms. The van der Waals surface area contributed by atoms with Gasteiger partial charge in [0.2, 0.25) is 0 Å². The molecular formula is C9H14N3NaO2. The summed E-state index contributed by atoms with van der Waals surface area (Å²) in [6, 6.07) is 0.311. The minimum atomic E-state index is -1.05. The summed E-state index contributed by atoms with van der Waals surface area (Å²) < 4.78 is 1.77. The van der Waals surface area contributed by atoms with Crippen LogP contribution in [0, 0.1) is 5.92 Å². The fourth-order valence-electron chi connectivity index (χ4n) is 1.90. The van der Waals surface area contributed by atoms with Crippen LogP contribution in [-0.4, -0.2) is 55.4 Å². The molecule has 0 saturated heterocycles. The summed E-state index contributed by atoms with van der Waals surface area (Å²) in [6.07, 6.45) is 1.86. The summed E-state index contributed by atoms with van der Waals surface area (Å²) in [4.78, 5) is 14.6. The average Bonchev–Trinajstić information content (AvgIpc) is 2.58. The molecular weight excluding hydrogens is 205 g/mol. The Hall–Kier alpha value is -0.390. The molecule has 1 aromatic heterocycles. The molecule has 0 amide bonds. The fraction of sp³-hybridized carbons (Fsp3) is 0.667. The molecule has 1 aliphatic heterocycles. The van der Waals surface area contributed by atoms with Gasteiger partial charge in [-0.2, -0.15) is 0 Å². The zero-order valence-corrected chi connectivity index (χ0v) is 8.27. The number of aromatic carboxylic acids is 1. The molecule has 78 valence electrons. The first kappa shape index (κ1) is 12.7. The molecule has 6 heteroatoms. The number of carbonyl (C=O) groups is 1. The van der Waals surface area contributed by atoms with E-state index in [4.69, 9.17) is 5.11 Å². The number of aryl methyl sites for hydroxylation is 1. The molecule has 1 aliphatic rings. The van der Waals surface area contributed by atoms with Gasteiger partial charge >= 0.3 is 35.5 Å². The third-order valence-corrected chi connectivity index (χ3v) is 2.64. The Balaban J connectivity index is 0.00000112. The van der Waals surface area contributed by atoms with Gasteiger partial charge in [-0.05, 0) is 12.3 Å². The number of hydrogen-bond acceptors (Lipinski definition) is 3.